The van der Waals surface area contributed by atoms with Crippen molar-refractivity contribution in [2.24, 2.45) is 0 Å². The normalized spacial score (nSPS) is 11.3. The largest absolute Gasteiger partial charge is 0.496 e. The summed E-state index contributed by atoms with van der Waals surface area (Å²) in [6.07, 6.45) is 0. The molecule has 100 valence electrons. The fourth-order valence-corrected chi connectivity index (χ4v) is 1.41. The second-order valence-corrected chi connectivity index (χ2v) is 4.65. The van der Waals surface area contributed by atoms with Gasteiger partial charge in [0.25, 0.3) is 5.69 Å². The number of aliphatic hydroxyl groups is 1. The van der Waals surface area contributed by atoms with Crippen LogP contribution in [-0.4, -0.2) is 29.3 Å². The van der Waals surface area contributed by atoms with Crippen molar-refractivity contribution in [1.82, 2.24) is 5.32 Å². The van der Waals surface area contributed by atoms with Gasteiger partial charge in [-0.05, 0) is 19.9 Å². The molecule has 0 aliphatic heterocycles. The van der Waals surface area contributed by atoms with Gasteiger partial charge in [0.05, 0.1) is 18.6 Å². The van der Waals surface area contributed by atoms with E-state index in [-0.39, 0.29) is 12.3 Å². The molecule has 0 unspecified atom stereocenters. The second kappa shape index (κ2) is 5.79. The molecule has 0 saturated heterocycles. The van der Waals surface area contributed by atoms with Crippen molar-refractivity contribution in [3.05, 3.63) is 33.9 Å². The first-order valence-corrected chi connectivity index (χ1v) is 5.57. The first-order valence-electron chi connectivity index (χ1n) is 5.57. The summed E-state index contributed by atoms with van der Waals surface area (Å²) >= 11 is 0. The molecule has 0 saturated carbocycles. The number of rotatable bonds is 6. The summed E-state index contributed by atoms with van der Waals surface area (Å²) in [4.78, 5) is 10.3. The van der Waals surface area contributed by atoms with Gasteiger partial charge in [0.15, 0.2) is 0 Å². The summed E-state index contributed by atoms with van der Waals surface area (Å²) in [6, 6.07) is 4.44. The summed E-state index contributed by atoms with van der Waals surface area (Å²) in [6.45, 7) is 4.05. The summed E-state index contributed by atoms with van der Waals surface area (Å²) in [7, 11) is 1.52. The number of aliphatic hydroxyl groups excluding tert-OH is 1. The number of hydrogen-bond acceptors (Lipinski definition) is 5. The highest BCUT2D eigenvalue weighted by molar-refractivity contribution is 5.43. The lowest BCUT2D eigenvalue weighted by atomic mass is 10.1. The molecule has 6 nitrogen and oxygen atoms in total. The van der Waals surface area contributed by atoms with Gasteiger partial charge in [-0.1, -0.05) is 0 Å². The first kappa shape index (κ1) is 14.4. The van der Waals surface area contributed by atoms with Gasteiger partial charge in [-0.2, -0.15) is 0 Å². The Kier molecular flexibility index (Phi) is 4.63. The average molecular weight is 254 g/mol. The van der Waals surface area contributed by atoms with E-state index in [9.17, 15) is 10.1 Å². The maximum Gasteiger partial charge on any atom is 0.270 e. The number of nitrogens with one attached hydrogen (secondary N) is 1. The summed E-state index contributed by atoms with van der Waals surface area (Å²) < 4.78 is 5.15. The van der Waals surface area contributed by atoms with Crippen molar-refractivity contribution in [1.29, 1.82) is 0 Å². The molecule has 0 bridgehead atoms. The van der Waals surface area contributed by atoms with Gasteiger partial charge < -0.3 is 15.2 Å². The molecule has 1 aromatic carbocycles. The quantitative estimate of drug-likeness (QED) is 0.593. The second-order valence-electron chi connectivity index (χ2n) is 4.65. The molecule has 1 rings (SSSR count). The Morgan fingerprint density at radius 3 is 2.67 bits per heavy atom. The number of non-ortho nitro benzene ring substituents is 1. The van der Waals surface area contributed by atoms with Crippen molar-refractivity contribution < 1.29 is 14.8 Å². The van der Waals surface area contributed by atoms with Crippen LogP contribution in [0.4, 0.5) is 5.69 Å². The molecule has 0 radical (unpaired) electrons. The fraction of sp³-hybridized carbons (Fsp3) is 0.500. The molecule has 1 aromatic rings. The highest BCUT2D eigenvalue weighted by Gasteiger charge is 2.17. The minimum Gasteiger partial charge on any atom is -0.496 e. The number of nitrogens with zero attached hydrogens (tertiary/aromatic N) is 1. The number of methoxy groups -OCH3 is 1. The Labute approximate surface area is 106 Å². The van der Waals surface area contributed by atoms with Crippen LogP contribution in [0.1, 0.15) is 19.4 Å². The Morgan fingerprint density at radius 2 is 2.17 bits per heavy atom. The minimum atomic E-state index is -0.449. The van der Waals surface area contributed by atoms with Gasteiger partial charge in [0.2, 0.25) is 0 Å². The Balaban J connectivity index is 2.91. The fourth-order valence-electron chi connectivity index (χ4n) is 1.41. The number of ether oxygens (including phenoxy) is 1. The molecule has 0 atom stereocenters. The van der Waals surface area contributed by atoms with Crippen molar-refractivity contribution in [2.45, 2.75) is 25.9 Å². The number of nitro benzene ring substituents is 1. The van der Waals surface area contributed by atoms with Crippen LogP contribution < -0.4 is 10.1 Å². The van der Waals surface area contributed by atoms with Crippen molar-refractivity contribution in [2.75, 3.05) is 13.7 Å². The smallest absolute Gasteiger partial charge is 0.270 e. The van der Waals surface area contributed by atoms with Crippen LogP contribution in [0.15, 0.2) is 18.2 Å². The van der Waals surface area contributed by atoms with Gasteiger partial charge in [-0.3, -0.25) is 10.1 Å². The lowest BCUT2D eigenvalue weighted by Crippen LogP contribution is -2.42. The molecule has 0 amide bonds. The van der Waals surface area contributed by atoms with Gasteiger partial charge in [-0.25, -0.2) is 0 Å². The average Bonchev–Trinajstić information content (AvgIpc) is 2.36. The SMILES string of the molecule is COc1ccc([N+](=O)[O-])cc1CNC(C)(C)CO. The van der Waals surface area contributed by atoms with Gasteiger partial charge >= 0.3 is 0 Å². The summed E-state index contributed by atoms with van der Waals surface area (Å²) in [5.41, 5.74) is 0.262. The molecule has 2 N–H and O–H groups in total. The zero-order chi connectivity index (χ0) is 13.8. The molecule has 0 aliphatic rings. The van der Waals surface area contributed by atoms with Gasteiger partial charge in [-0.15, -0.1) is 0 Å². The zero-order valence-electron chi connectivity index (χ0n) is 10.8. The minimum absolute atomic E-state index is 0.0226. The van der Waals surface area contributed by atoms with E-state index in [1.54, 1.807) is 6.07 Å². The van der Waals surface area contributed by atoms with Crippen LogP contribution in [0.25, 0.3) is 0 Å². The van der Waals surface area contributed by atoms with E-state index in [0.29, 0.717) is 17.9 Å². The van der Waals surface area contributed by atoms with Crippen LogP contribution in [0.3, 0.4) is 0 Å². The highest BCUT2D eigenvalue weighted by Crippen LogP contribution is 2.24. The highest BCUT2D eigenvalue weighted by atomic mass is 16.6. The van der Waals surface area contributed by atoms with Crippen LogP contribution in [0.2, 0.25) is 0 Å². The van der Waals surface area contributed by atoms with E-state index < -0.39 is 10.5 Å². The van der Waals surface area contributed by atoms with E-state index in [1.165, 1.54) is 19.2 Å². The Hall–Kier alpha value is -1.66. The summed E-state index contributed by atoms with van der Waals surface area (Å²) in [5, 5.41) is 23.0. The van der Waals surface area contributed by atoms with Crippen LogP contribution in [0, 0.1) is 10.1 Å². The monoisotopic (exact) mass is 254 g/mol. The molecule has 0 aliphatic carbocycles. The number of hydrogen-bond donors (Lipinski definition) is 2. The molecular formula is C12H18N2O4. The maximum absolute atomic E-state index is 10.7. The number of nitro groups is 1. The topological polar surface area (TPSA) is 84.6 Å². The third kappa shape index (κ3) is 3.68. The molecule has 0 aromatic heterocycles. The first-order chi connectivity index (χ1) is 8.39. The van der Waals surface area contributed by atoms with Crippen LogP contribution in [-0.2, 0) is 6.54 Å². The van der Waals surface area contributed by atoms with Gasteiger partial charge in [0, 0.05) is 29.8 Å². The van der Waals surface area contributed by atoms with Crippen molar-refractivity contribution in [3.63, 3.8) is 0 Å². The van der Waals surface area contributed by atoms with Crippen LogP contribution >= 0.6 is 0 Å². The summed E-state index contributed by atoms with van der Waals surface area (Å²) in [5.74, 6) is 0.585. The standard InChI is InChI=1S/C12H18N2O4/c1-12(2,8-15)13-7-9-6-10(14(16)17)4-5-11(9)18-3/h4-6,13,15H,7-8H2,1-3H3. The molecule has 6 heteroatoms. The predicted molar refractivity (Wildman–Crippen MR) is 67.7 cm³/mol. The lowest BCUT2D eigenvalue weighted by molar-refractivity contribution is -0.384. The molecule has 0 spiro atoms. The lowest BCUT2D eigenvalue weighted by Gasteiger charge is -2.24. The zero-order valence-corrected chi connectivity index (χ0v) is 10.8. The van der Waals surface area contributed by atoms with E-state index in [2.05, 4.69) is 5.32 Å². The van der Waals surface area contributed by atoms with Gasteiger partial charge in [0.1, 0.15) is 5.75 Å². The third-order valence-electron chi connectivity index (χ3n) is 2.63. The Morgan fingerprint density at radius 1 is 1.50 bits per heavy atom. The van der Waals surface area contributed by atoms with Crippen molar-refractivity contribution >= 4 is 5.69 Å². The maximum atomic E-state index is 10.7. The van der Waals surface area contributed by atoms with E-state index in [0.717, 1.165) is 0 Å². The molecule has 0 heterocycles. The van der Waals surface area contributed by atoms with Crippen molar-refractivity contribution in [3.8, 4) is 5.75 Å². The van der Waals surface area contributed by atoms with E-state index in [1.807, 2.05) is 13.8 Å². The predicted octanol–water partition coefficient (Wildman–Crippen LogP) is 1.46. The van der Waals surface area contributed by atoms with E-state index >= 15 is 0 Å². The molecular weight excluding hydrogens is 236 g/mol. The molecule has 0 fully saturated rings. The number of benzene rings is 1. The van der Waals surface area contributed by atoms with E-state index in [4.69, 9.17) is 9.84 Å². The van der Waals surface area contributed by atoms with Crippen LogP contribution in [0.5, 0.6) is 5.75 Å². The Bertz CT molecular complexity index is 432. The molecule has 18 heavy (non-hydrogen) atoms. The third-order valence-corrected chi connectivity index (χ3v) is 2.63.